The third-order valence-corrected chi connectivity index (χ3v) is 6.52. The van der Waals surface area contributed by atoms with Crippen LogP contribution in [0.2, 0.25) is 0 Å². The highest BCUT2D eigenvalue weighted by molar-refractivity contribution is 7.17. The van der Waals surface area contributed by atoms with E-state index in [0.29, 0.717) is 28.5 Å². The van der Waals surface area contributed by atoms with Crippen molar-refractivity contribution in [2.24, 2.45) is 0 Å². The smallest absolute Gasteiger partial charge is 0.256 e. The van der Waals surface area contributed by atoms with Crippen molar-refractivity contribution < 1.29 is 9.53 Å². The summed E-state index contributed by atoms with van der Waals surface area (Å²) in [7, 11) is 0. The van der Waals surface area contributed by atoms with Crippen LogP contribution >= 0.6 is 11.3 Å². The van der Waals surface area contributed by atoms with Crippen LogP contribution in [-0.4, -0.2) is 18.1 Å². The minimum Gasteiger partial charge on any atom is -0.494 e. The Bertz CT molecular complexity index is 954. The summed E-state index contributed by atoms with van der Waals surface area (Å²) < 4.78 is 5.71. The third kappa shape index (κ3) is 4.63. The van der Waals surface area contributed by atoms with Crippen LogP contribution in [0.3, 0.4) is 0 Å². The second-order valence-electron chi connectivity index (χ2n) is 8.72. The predicted octanol–water partition coefficient (Wildman–Crippen LogP) is 5.21. The van der Waals surface area contributed by atoms with E-state index in [1.807, 2.05) is 12.1 Å². The fourth-order valence-corrected chi connectivity index (χ4v) is 5.19. The number of hydrogen-bond acceptors (Lipinski definition) is 5. The number of anilines is 1. The Morgan fingerprint density at radius 3 is 2.79 bits per heavy atom. The minimum atomic E-state index is -0.261. The highest BCUT2D eigenvalue weighted by atomic mass is 32.1. The Hall–Kier alpha value is -2.36. The van der Waals surface area contributed by atoms with Gasteiger partial charge >= 0.3 is 0 Å². The lowest BCUT2D eigenvalue weighted by atomic mass is 9.81. The third-order valence-electron chi connectivity index (χ3n) is 5.05. The summed E-state index contributed by atoms with van der Waals surface area (Å²) >= 11 is 1.49. The standard InChI is InChI=1S/C23H29N3O2S/c1-6-7-11-28-16-10-8-9-15(12-16)20(27)25-21-18(14-24)17-13-22(2,3)26-23(4,5)19(17)29-21/h8-10,12,26H,6-7,11,13H2,1-5H3,(H,25,27). The lowest BCUT2D eigenvalue weighted by Crippen LogP contribution is -2.54. The summed E-state index contributed by atoms with van der Waals surface area (Å²) in [6.45, 7) is 11.3. The molecule has 0 saturated heterocycles. The molecule has 3 rings (SSSR count). The fourth-order valence-electron chi connectivity index (χ4n) is 3.97. The van der Waals surface area contributed by atoms with Gasteiger partial charge < -0.3 is 15.4 Å². The normalized spacial score (nSPS) is 16.6. The summed E-state index contributed by atoms with van der Waals surface area (Å²) in [4.78, 5) is 14.0. The first-order chi connectivity index (χ1) is 13.7. The summed E-state index contributed by atoms with van der Waals surface area (Å²) in [6.07, 6.45) is 2.78. The van der Waals surface area contributed by atoms with E-state index in [1.165, 1.54) is 11.3 Å². The van der Waals surface area contributed by atoms with Gasteiger partial charge in [-0.15, -0.1) is 11.3 Å². The molecular weight excluding hydrogens is 382 g/mol. The summed E-state index contributed by atoms with van der Waals surface area (Å²) in [5.74, 6) is 0.454. The SMILES string of the molecule is CCCCOc1cccc(C(=O)Nc2sc3c(c2C#N)CC(C)(C)NC3(C)C)c1. The summed E-state index contributed by atoms with van der Waals surface area (Å²) in [5, 5.41) is 17.0. The number of ether oxygens (including phenoxy) is 1. The molecule has 0 aliphatic carbocycles. The molecule has 1 aromatic heterocycles. The monoisotopic (exact) mass is 411 g/mol. The number of fused-ring (bicyclic) bond motifs is 1. The first kappa shape index (κ1) is 21.4. The summed E-state index contributed by atoms with van der Waals surface area (Å²) in [6, 6.07) is 9.50. The van der Waals surface area contributed by atoms with Gasteiger partial charge in [0.25, 0.3) is 5.91 Å². The Labute approximate surface area is 177 Å². The second kappa shape index (κ2) is 8.17. The molecule has 5 nitrogen and oxygen atoms in total. The molecule has 0 spiro atoms. The molecule has 0 bridgehead atoms. The Morgan fingerprint density at radius 2 is 2.10 bits per heavy atom. The van der Waals surface area contributed by atoms with Crippen molar-refractivity contribution in [2.45, 2.75) is 65.0 Å². The molecule has 0 saturated carbocycles. The number of carbonyl (C=O) groups excluding carboxylic acids is 1. The Balaban J connectivity index is 1.86. The Kier molecular flexibility index (Phi) is 6.02. The van der Waals surface area contributed by atoms with Crippen LogP contribution in [0.5, 0.6) is 5.75 Å². The molecule has 2 aromatic rings. The van der Waals surface area contributed by atoms with Crippen LogP contribution in [0.25, 0.3) is 0 Å². The molecule has 29 heavy (non-hydrogen) atoms. The van der Waals surface area contributed by atoms with Crippen molar-refractivity contribution in [3.63, 3.8) is 0 Å². The van der Waals surface area contributed by atoms with Gasteiger partial charge in [-0.05, 0) is 64.3 Å². The largest absolute Gasteiger partial charge is 0.494 e. The molecule has 0 atom stereocenters. The van der Waals surface area contributed by atoms with Gasteiger partial charge in [-0.25, -0.2) is 0 Å². The maximum absolute atomic E-state index is 12.9. The lowest BCUT2D eigenvalue weighted by Gasteiger charge is -2.42. The molecule has 1 aliphatic heterocycles. The molecule has 2 N–H and O–H groups in total. The molecule has 0 unspecified atom stereocenters. The van der Waals surface area contributed by atoms with Crippen molar-refractivity contribution >= 4 is 22.2 Å². The molecule has 6 heteroatoms. The van der Waals surface area contributed by atoms with Crippen molar-refractivity contribution in [2.75, 3.05) is 11.9 Å². The average molecular weight is 412 g/mol. The number of carbonyl (C=O) groups is 1. The molecule has 0 radical (unpaired) electrons. The summed E-state index contributed by atoms with van der Waals surface area (Å²) in [5.41, 5.74) is 1.76. The molecule has 1 aliphatic rings. The highest BCUT2D eigenvalue weighted by Gasteiger charge is 2.40. The van der Waals surface area contributed by atoms with Crippen LogP contribution in [-0.2, 0) is 12.0 Å². The van der Waals surface area contributed by atoms with Gasteiger partial charge in [-0.2, -0.15) is 5.26 Å². The van der Waals surface area contributed by atoms with Crippen molar-refractivity contribution in [1.82, 2.24) is 5.32 Å². The molecule has 2 heterocycles. The zero-order valence-electron chi connectivity index (χ0n) is 17.8. The van der Waals surface area contributed by atoms with Crippen molar-refractivity contribution in [3.8, 4) is 11.8 Å². The molecular formula is C23H29N3O2S. The number of benzene rings is 1. The predicted molar refractivity (Wildman–Crippen MR) is 118 cm³/mol. The van der Waals surface area contributed by atoms with E-state index in [2.05, 4.69) is 51.3 Å². The number of amides is 1. The van der Waals surface area contributed by atoms with Crippen LogP contribution < -0.4 is 15.4 Å². The number of nitriles is 1. The van der Waals surface area contributed by atoms with Gasteiger partial charge in [0, 0.05) is 21.5 Å². The van der Waals surface area contributed by atoms with E-state index in [-0.39, 0.29) is 17.0 Å². The zero-order chi connectivity index (χ0) is 21.2. The lowest BCUT2D eigenvalue weighted by molar-refractivity contribution is 0.102. The van der Waals surface area contributed by atoms with Crippen molar-refractivity contribution in [1.29, 1.82) is 5.26 Å². The van der Waals surface area contributed by atoms with Gasteiger partial charge in [-0.3, -0.25) is 4.79 Å². The number of hydrogen-bond donors (Lipinski definition) is 2. The maximum Gasteiger partial charge on any atom is 0.256 e. The number of nitrogens with zero attached hydrogens (tertiary/aromatic N) is 1. The highest BCUT2D eigenvalue weighted by Crippen LogP contribution is 2.44. The first-order valence-electron chi connectivity index (χ1n) is 10.1. The molecule has 0 fully saturated rings. The fraction of sp³-hybridized carbons (Fsp3) is 0.478. The van der Waals surface area contributed by atoms with Gasteiger partial charge in [0.05, 0.1) is 12.2 Å². The van der Waals surface area contributed by atoms with Crippen molar-refractivity contribution in [3.05, 3.63) is 45.8 Å². The van der Waals surface area contributed by atoms with E-state index >= 15 is 0 Å². The number of thiophene rings is 1. The molecule has 1 aromatic carbocycles. The van der Waals surface area contributed by atoms with E-state index in [4.69, 9.17) is 4.74 Å². The van der Waals surface area contributed by atoms with Crippen LogP contribution in [0.4, 0.5) is 5.00 Å². The van der Waals surface area contributed by atoms with Crippen LogP contribution in [0.1, 0.15) is 73.8 Å². The van der Waals surface area contributed by atoms with Gasteiger partial charge in [0.2, 0.25) is 0 Å². The number of unbranched alkanes of at least 4 members (excludes halogenated alkanes) is 1. The number of nitrogens with one attached hydrogen (secondary N) is 2. The van der Waals surface area contributed by atoms with E-state index < -0.39 is 0 Å². The minimum absolute atomic E-state index is 0.116. The van der Waals surface area contributed by atoms with Gasteiger partial charge in [0.15, 0.2) is 0 Å². The van der Waals surface area contributed by atoms with E-state index in [1.54, 1.807) is 12.1 Å². The topological polar surface area (TPSA) is 74.1 Å². The zero-order valence-corrected chi connectivity index (χ0v) is 18.6. The number of rotatable bonds is 6. The average Bonchev–Trinajstić information content (AvgIpc) is 2.98. The van der Waals surface area contributed by atoms with Gasteiger partial charge in [0.1, 0.15) is 16.8 Å². The maximum atomic E-state index is 12.9. The molecule has 154 valence electrons. The first-order valence-corrected chi connectivity index (χ1v) is 10.9. The van der Waals surface area contributed by atoms with Crippen LogP contribution in [0, 0.1) is 11.3 Å². The Morgan fingerprint density at radius 1 is 1.34 bits per heavy atom. The van der Waals surface area contributed by atoms with Gasteiger partial charge in [-0.1, -0.05) is 19.4 Å². The quantitative estimate of drug-likeness (QED) is 0.640. The van der Waals surface area contributed by atoms with Crippen LogP contribution in [0.15, 0.2) is 24.3 Å². The van der Waals surface area contributed by atoms with E-state index in [9.17, 15) is 10.1 Å². The molecule has 1 amide bonds. The second-order valence-corrected chi connectivity index (χ2v) is 9.74. The van der Waals surface area contributed by atoms with E-state index in [0.717, 1.165) is 29.7 Å².